The Morgan fingerprint density at radius 3 is 2.00 bits per heavy atom. The highest BCUT2D eigenvalue weighted by Gasteiger charge is 2.11. The molecule has 0 saturated carbocycles. The van der Waals surface area contributed by atoms with Gasteiger partial charge < -0.3 is 0 Å². The first-order valence-corrected chi connectivity index (χ1v) is 4.95. The van der Waals surface area contributed by atoms with Gasteiger partial charge in [0.05, 0.1) is 0 Å². The van der Waals surface area contributed by atoms with Crippen LogP contribution in [-0.4, -0.2) is 11.8 Å². The Morgan fingerprint density at radius 2 is 1.69 bits per heavy atom. The number of hydrogen-bond acceptors (Lipinski definition) is 2. The predicted molar refractivity (Wildman–Crippen MR) is 54.2 cm³/mol. The van der Waals surface area contributed by atoms with Crippen molar-refractivity contribution in [2.75, 3.05) is 0 Å². The van der Waals surface area contributed by atoms with Crippen LogP contribution < -0.4 is 5.32 Å². The lowest BCUT2D eigenvalue weighted by Crippen LogP contribution is -2.33. The van der Waals surface area contributed by atoms with E-state index in [-0.39, 0.29) is 17.7 Å². The number of carbonyl (C=O) groups excluding carboxylic acids is 2. The molecule has 0 aromatic carbocycles. The molecule has 0 aromatic rings. The van der Waals surface area contributed by atoms with Crippen molar-refractivity contribution in [3.63, 3.8) is 0 Å². The molecule has 0 saturated heterocycles. The van der Waals surface area contributed by atoms with E-state index in [1.54, 1.807) is 13.8 Å². The number of hydrogen-bond donors (Lipinski definition) is 1. The van der Waals surface area contributed by atoms with Crippen LogP contribution in [0.25, 0.3) is 0 Å². The normalized spacial score (nSPS) is 10.8. The quantitative estimate of drug-likeness (QED) is 0.735. The van der Waals surface area contributed by atoms with Gasteiger partial charge in [0.2, 0.25) is 11.8 Å². The van der Waals surface area contributed by atoms with Gasteiger partial charge in [-0.05, 0) is 6.42 Å². The molecule has 78 valence electrons. The molecular formula is C10H21NO2. The lowest BCUT2D eigenvalue weighted by atomic mass is 10.1. The van der Waals surface area contributed by atoms with Crippen LogP contribution in [0.4, 0.5) is 0 Å². The third-order valence-electron chi connectivity index (χ3n) is 1.64. The fourth-order valence-electron chi connectivity index (χ4n) is 0.534. The van der Waals surface area contributed by atoms with E-state index < -0.39 is 0 Å². The fraction of sp³-hybridized carbons (Fsp3) is 0.800. The van der Waals surface area contributed by atoms with E-state index in [0.29, 0.717) is 6.42 Å². The smallest absolute Gasteiger partial charge is 0.229 e. The van der Waals surface area contributed by atoms with E-state index >= 15 is 0 Å². The van der Waals surface area contributed by atoms with Crippen molar-refractivity contribution < 1.29 is 9.59 Å². The molecule has 0 heterocycles. The van der Waals surface area contributed by atoms with Crippen molar-refractivity contribution in [3.8, 4) is 0 Å². The molecule has 0 rings (SSSR count). The zero-order chi connectivity index (χ0) is 10.9. The van der Waals surface area contributed by atoms with Crippen molar-refractivity contribution >= 4 is 11.8 Å². The Kier molecular flexibility index (Phi) is 10.4. The van der Waals surface area contributed by atoms with Gasteiger partial charge in [0, 0.05) is 12.3 Å². The summed E-state index contributed by atoms with van der Waals surface area (Å²) in [4.78, 5) is 21.7. The van der Waals surface area contributed by atoms with E-state index in [1.165, 1.54) is 0 Å². The first-order chi connectivity index (χ1) is 6.11. The van der Waals surface area contributed by atoms with Crippen molar-refractivity contribution in [2.45, 2.75) is 47.5 Å². The van der Waals surface area contributed by atoms with Crippen LogP contribution in [0.3, 0.4) is 0 Å². The second-order valence-corrected chi connectivity index (χ2v) is 2.58. The van der Waals surface area contributed by atoms with Crippen LogP contribution >= 0.6 is 0 Å². The Bertz CT molecular complexity index is 155. The molecule has 3 nitrogen and oxygen atoms in total. The molecular weight excluding hydrogens is 166 g/mol. The molecule has 0 fully saturated rings. The highest BCUT2D eigenvalue weighted by Crippen LogP contribution is 1.99. The summed E-state index contributed by atoms with van der Waals surface area (Å²) in [6.45, 7) is 9.44. The Hall–Kier alpha value is -0.860. The summed E-state index contributed by atoms with van der Waals surface area (Å²) in [7, 11) is 0. The van der Waals surface area contributed by atoms with Gasteiger partial charge in [-0.3, -0.25) is 14.9 Å². The van der Waals surface area contributed by atoms with Gasteiger partial charge in [-0.15, -0.1) is 0 Å². The number of nitrogens with one attached hydrogen (secondary N) is 1. The summed E-state index contributed by atoms with van der Waals surface area (Å²) in [6.07, 6.45) is 1.13. The Balaban J connectivity index is 0. The highest BCUT2D eigenvalue weighted by atomic mass is 16.2. The van der Waals surface area contributed by atoms with Crippen molar-refractivity contribution in [3.05, 3.63) is 0 Å². The predicted octanol–water partition coefficient (Wildman–Crippen LogP) is 2.11. The second-order valence-electron chi connectivity index (χ2n) is 2.58. The zero-order valence-electron chi connectivity index (χ0n) is 9.31. The topological polar surface area (TPSA) is 46.2 Å². The third kappa shape index (κ3) is 7.50. The van der Waals surface area contributed by atoms with Crippen molar-refractivity contribution in [2.24, 2.45) is 5.92 Å². The molecule has 3 heteroatoms. The van der Waals surface area contributed by atoms with E-state index in [0.717, 1.165) is 6.42 Å². The number of carbonyl (C=O) groups is 2. The van der Waals surface area contributed by atoms with Gasteiger partial charge in [0.15, 0.2) is 0 Å². The summed E-state index contributed by atoms with van der Waals surface area (Å²) in [6, 6.07) is 0. The van der Waals surface area contributed by atoms with Crippen LogP contribution in [0, 0.1) is 5.92 Å². The molecule has 1 N–H and O–H groups in total. The first kappa shape index (κ1) is 14.7. The lowest BCUT2D eigenvalue weighted by Gasteiger charge is -2.06. The van der Waals surface area contributed by atoms with Gasteiger partial charge in [-0.25, -0.2) is 0 Å². The van der Waals surface area contributed by atoms with Gasteiger partial charge in [0.25, 0.3) is 0 Å². The van der Waals surface area contributed by atoms with E-state index in [1.807, 2.05) is 20.8 Å². The molecule has 0 aliphatic carbocycles. The summed E-state index contributed by atoms with van der Waals surface area (Å²) < 4.78 is 0. The minimum absolute atomic E-state index is 0.0644. The zero-order valence-corrected chi connectivity index (χ0v) is 9.31. The van der Waals surface area contributed by atoms with Gasteiger partial charge >= 0.3 is 0 Å². The molecule has 0 aliphatic rings. The van der Waals surface area contributed by atoms with Crippen LogP contribution in [0.1, 0.15) is 47.5 Å². The van der Waals surface area contributed by atoms with Crippen molar-refractivity contribution in [1.82, 2.24) is 5.32 Å². The first-order valence-electron chi connectivity index (χ1n) is 4.95. The Morgan fingerprint density at radius 1 is 1.23 bits per heavy atom. The van der Waals surface area contributed by atoms with Crippen LogP contribution in [0.2, 0.25) is 0 Å². The average molecular weight is 187 g/mol. The van der Waals surface area contributed by atoms with E-state index in [9.17, 15) is 9.59 Å². The molecule has 0 aromatic heterocycles. The maximum atomic E-state index is 11.0. The summed E-state index contributed by atoms with van der Waals surface area (Å²) in [5, 5.41) is 2.30. The fourth-order valence-corrected chi connectivity index (χ4v) is 0.534. The van der Waals surface area contributed by atoms with Gasteiger partial charge in [0.1, 0.15) is 0 Å². The summed E-state index contributed by atoms with van der Waals surface area (Å²) in [5.41, 5.74) is 0. The van der Waals surface area contributed by atoms with Crippen molar-refractivity contribution in [1.29, 1.82) is 0 Å². The maximum absolute atomic E-state index is 11.0. The number of imide groups is 1. The summed E-state index contributed by atoms with van der Waals surface area (Å²) >= 11 is 0. The minimum Gasteiger partial charge on any atom is -0.296 e. The van der Waals surface area contributed by atoms with Gasteiger partial charge in [-0.1, -0.05) is 34.6 Å². The molecule has 0 bridgehead atoms. The minimum atomic E-state index is -0.199. The molecule has 1 unspecified atom stereocenters. The number of amides is 2. The monoisotopic (exact) mass is 187 g/mol. The highest BCUT2D eigenvalue weighted by molar-refractivity contribution is 5.95. The SMILES string of the molecule is CC.CCC(=O)NC(=O)C(C)CC. The third-order valence-corrected chi connectivity index (χ3v) is 1.64. The van der Waals surface area contributed by atoms with Crippen LogP contribution in [0.5, 0.6) is 0 Å². The largest absolute Gasteiger partial charge is 0.296 e. The Labute approximate surface area is 80.9 Å². The molecule has 1 atom stereocenters. The number of rotatable bonds is 3. The standard InChI is InChI=1S/C8H15NO2.C2H6/c1-4-6(3)8(11)9-7(10)5-2;1-2/h6H,4-5H2,1-3H3,(H,9,10,11);1-2H3. The lowest BCUT2D eigenvalue weighted by molar-refractivity contribution is -0.132. The summed E-state index contributed by atoms with van der Waals surface area (Å²) in [5.74, 6) is -0.430. The van der Waals surface area contributed by atoms with Gasteiger partial charge in [-0.2, -0.15) is 0 Å². The van der Waals surface area contributed by atoms with Crippen LogP contribution in [0.15, 0.2) is 0 Å². The molecule has 2 amide bonds. The maximum Gasteiger partial charge on any atom is 0.229 e. The molecule has 0 radical (unpaired) electrons. The molecule has 13 heavy (non-hydrogen) atoms. The molecule has 0 aliphatic heterocycles. The van der Waals surface area contributed by atoms with Crippen LogP contribution in [-0.2, 0) is 9.59 Å². The average Bonchev–Trinajstić information content (AvgIpc) is 2.19. The van der Waals surface area contributed by atoms with E-state index in [2.05, 4.69) is 5.32 Å². The van der Waals surface area contributed by atoms with E-state index in [4.69, 9.17) is 0 Å². The molecule has 0 spiro atoms. The second kappa shape index (κ2) is 9.23.